The lowest BCUT2D eigenvalue weighted by Crippen LogP contribution is -2.37. The number of aromatic carboxylic acids is 1. The molecule has 0 aromatic carbocycles. The van der Waals surface area contributed by atoms with Crippen molar-refractivity contribution in [2.24, 2.45) is 5.73 Å². The molecule has 2 amide bonds. The summed E-state index contributed by atoms with van der Waals surface area (Å²) in [6.45, 7) is 3.46. The molecule has 0 saturated carbocycles. The Morgan fingerprint density at radius 2 is 2.00 bits per heavy atom. The number of urea groups is 1. The van der Waals surface area contributed by atoms with Crippen molar-refractivity contribution in [1.29, 1.82) is 0 Å². The Morgan fingerprint density at radius 3 is 2.43 bits per heavy atom. The summed E-state index contributed by atoms with van der Waals surface area (Å²) in [5.41, 5.74) is 4.74. The number of rotatable bonds is 7. The molecule has 1 rings (SSSR count). The second-order valence-electron chi connectivity index (χ2n) is 4.56. The minimum Gasteiger partial charge on any atom is -0.477 e. The van der Waals surface area contributed by atoms with Crippen LogP contribution < -0.4 is 15.8 Å². The zero-order valence-corrected chi connectivity index (χ0v) is 12.5. The van der Waals surface area contributed by atoms with Gasteiger partial charge in [-0.3, -0.25) is 0 Å². The highest BCUT2D eigenvalue weighted by Crippen LogP contribution is 2.18. The Balaban J connectivity index is 2.91. The van der Waals surface area contributed by atoms with Crippen LogP contribution in [0, 0.1) is 0 Å². The molecule has 21 heavy (non-hydrogen) atoms. The molecule has 118 valence electrons. The van der Waals surface area contributed by atoms with Gasteiger partial charge in [-0.15, -0.1) is 0 Å². The van der Waals surface area contributed by atoms with Crippen LogP contribution in [0.3, 0.4) is 0 Å². The number of hydrogen-bond acceptors (Lipinski definition) is 4. The third-order valence-electron chi connectivity index (χ3n) is 2.63. The molecule has 1 aromatic heterocycles. The molecule has 0 aliphatic heterocycles. The normalized spacial score (nSPS) is 11.6. The summed E-state index contributed by atoms with van der Waals surface area (Å²) in [5.74, 6) is -1.21. The van der Waals surface area contributed by atoms with Gasteiger partial charge in [-0.05, 0) is 19.9 Å². The van der Waals surface area contributed by atoms with Crippen LogP contribution >= 0.6 is 0 Å². The fraction of sp³-hybridized carbons (Fsp3) is 0.455. The highest BCUT2D eigenvalue weighted by Gasteiger charge is 2.22. The number of nitrogens with one attached hydrogen (secondary N) is 2. The molecule has 0 saturated heterocycles. The molecular formula is C11H18N4O5S. The first-order valence-corrected chi connectivity index (χ1v) is 7.61. The summed E-state index contributed by atoms with van der Waals surface area (Å²) in [4.78, 5) is 21.4. The molecule has 0 aliphatic carbocycles. The first-order valence-electron chi connectivity index (χ1n) is 6.13. The fourth-order valence-electron chi connectivity index (χ4n) is 1.65. The lowest BCUT2D eigenvalue weighted by atomic mass is 10.3. The summed E-state index contributed by atoms with van der Waals surface area (Å²) in [7, 11) is -3.85. The predicted octanol–water partition coefficient (Wildman–Crippen LogP) is -0.286. The molecule has 1 heterocycles. The van der Waals surface area contributed by atoms with Crippen molar-refractivity contribution in [3.8, 4) is 0 Å². The molecule has 0 bridgehead atoms. The predicted molar refractivity (Wildman–Crippen MR) is 74.6 cm³/mol. The fourth-order valence-corrected chi connectivity index (χ4v) is 2.71. The number of carbonyl (C=O) groups is 2. The number of amides is 2. The highest BCUT2D eigenvalue weighted by atomic mass is 32.2. The summed E-state index contributed by atoms with van der Waals surface area (Å²) in [6.07, 6.45) is 1.26. The van der Waals surface area contributed by atoms with Gasteiger partial charge in [0.05, 0.1) is 0 Å². The number of carboxylic acids is 1. The van der Waals surface area contributed by atoms with E-state index < -0.39 is 22.0 Å². The maximum Gasteiger partial charge on any atom is 0.352 e. The van der Waals surface area contributed by atoms with Gasteiger partial charge in [0.2, 0.25) is 10.0 Å². The second-order valence-corrected chi connectivity index (χ2v) is 6.32. The maximum absolute atomic E-state index is 12.0. The maximum atomic E-state index is 12.0. The molecular weight excluding hydrogens is 300 g/mol. The monoisotopic (exact) mass is 318 g/mol. The van der Waals surface area contributed by atoms with E-state index in [1.807, 2.05) is 0 Å². The molecule has 9 nitrogen and oxygen atoms in total. The van der Waals surface area contributed by atoms with E-state index in [4.69, 9.17) is 10.8 Å². The number of sulfonamides is 1. The summed E-state index contributed by atoms with van der Waals surface area (Å²) in [5, 5.41) is 11.3. The van der Waals surface area contributed by atoms with E-state index in [0.717, 1.165) is 6.07 Å². The summed E-state index contributed by atoms with van der Waals surface area (Å²) >= 11 is 0. The van der Waals surface area contributed by atoms with Gasteiger partial charge in [-0.2, -0.15) is 0 Å². The third-order valence-corrected chi connectivity index (χ3v) is 4.05. The van der Waals surface area contributed by atoms with Crippen molar-refractivity contribution in [2.45, 2.75) is 24.8 Å². The lowest BCUT2D eigenvalue weighted by molar-refractivity contribution is 0.0683. The van der Waals surface area contributed by atoms with Crippen molar-refractivity contribution in [3.05, 3.63) is 18.0 Å². The standard InChI is InChI=1S/C11H18N4O5S/c1-7(2)15-6-8(5-9(15)10(16)17)21(19,20)14-4-3-13-11(12)18/h5-7,14H,3-4H2,1-2H3,(H,16,17)(H3,12,13,18). The molecule has 1 aromatic rings. The van der Waals surface area contributed by atoms with E-state index in [1.54, 1.807) is 13.8 Å². The van der Waals surface area contributed by atoms with Gasteiger partial charge in [0.25, 0.3) is 0 Å². The van der Waals surface area contributed by atoms with Crippen LogP contribution in [-0.2, 0) is 10.0 Å². The van der Waals surface area contributed by atoms with Gasteiger partial charge >= 0.3 is 12.0 Å². The topological polar surface area (TPSA) is 144 Å². The van der Waals surface area contributed by atoms with Crippen molar-refractivity contribution in [1.82, 2.24) is 14.6 Å². The molecule has 0 fully saturated rings. The number of carbonyl (C=O) groups excluding carboxylic acids is 1. The molecule has 10 heteroatoms. The number of aromatic nitrogens is 1. The molecule has 0 aliphatic rings. The Labute approximate surface area is 122 Å². The molecule has 0 atom stereocenters. The van der Waals surface area contributed by atoms with Crippen LogP contribution in [0.5, 0.6) is 0 Å². The smallest absolute Gasteiger partial charge is 0.352 e. The molecule has 0 spiro atoms. The quantitative estimate of drug-likeness (QED) is 0.511. The van der Waals surface area contributed by atoms with Crippen molar-refractivity contribution in [3.63, 3.8) is 0 Å². The van der Waals surface area contributed by atoms with Crippen LogP contribution in [0.4, 0.5) is 4.79 Å². The van der Waals surface area contributed by atoms with Gasteiger partial charge in [0, 0.05) is 25.3 Å². The molecule has 0 unspecified atom stereocenters. The van der Waals surface area contributed by atoms with Crippen LogP contribution in [0.25, 0.3) is 0 Å². The van der Waals surface area contributed by atoms with E-state index >= 15 is 0 Å². The molecule has 0 radical (unpaired) electrons. The number of nitrogens with zero attached hydrogens (tertiary/aromatic N) is 1. The Hall–Kier alpha value is -2.07. The minimum absolute atomic E-state index is 0.0330. The lowest BCUT2D eigenvalue weighted by Gasteiger charge is -2.09. The third kappa shape index (κ3) is 4.46. The van der Waals surface area contributed by atoms with Crippen molar-refractivity contribution >= 4 is 22.0 Å². The number of carboxylic acid groups (broad SMARTS) is 1. The van der Waals surface area contributed by atoms with E-state index in [1.165, 1.54) is 10.8 Å². The molecule has 5 N–H and O–H groups in total. The number of primary amides is 1. The highest BCUT2D eigenvalue weighted by molar-refractivity contribution is 7.89. The van der Waals surface area contributed by atoms with Crippen LogP contribution in [0.1, 0.15) is 30.4 Å². The second kappa shape index (κ2) is 6.59. The largest absolute Gasteiger partial charge is 0.477 e. The summed E-state index contributed by atoms with van der Waals surface area (Å²) < 4.78 is 27.7. The van der Waals surface area contributed by atoms with Crippen molar-refractivity contribution in [2.75, 3.05) is 13.1 Å². The average Bonchev–Trinajstić information content (AvgIpc) is 2.80. The average molecular weight is 318 g/mol. The minimum atomic E-state index is -3.85. The first kappa shape index (κ1) is 17.0. The Bertz CT molecular complexity index is 635. The van der Waals surface area contributed by atoms with E-state index in [0.29, 0.717) is 0 Å². The van der Waals surface area contributed by atoms with Crippen LogP contribution in [0.15, 0.2) is 17.2 Å². The van der Waals surface area contributed by atoms with Gasteiger partial charge < -0.3 is 20.7 Å². The van der Waals surface area contributed by atoms with E-state index in [-0.39, 0.29) is 29.7 Å². The number of nitrogens with two attached hydrogens (primary N) is 1. The Kier molecular flexibility index (Phi) is 5.33. The van der Waals surface area contributed by atoms with Gasteiger partial charge in [0.1, 0.15) is 10.6 Å². The Morgan fingerprint density at radius 1 is 1.38 bits per heavy atom. The van der Waals surface area contributed by atoms with Crippen LogP contribution in [0.2, 0.25) is 0 Å². The SMILES string of the molecule is CC(C)n1cc(S(=O)(=O)NCCNC(N)=O)cc1C(=O)O. The van der Waals surface area contributed by atoms with Crippen molar-refractivity contribution < 1.29 is 23.1 Å². The summed E-state index contributed by atoms with van der Waals surface area (Å²) in [6, 6.07) is 0.136. The van der Waals surface area contributed by atoms with Gasteiger partial charge in [-0.1, -0.05) is 0 Å². The van der Waals surface area contributed by atoms with E-state index in [9.17, 15) is 18.0 Å². The van der Waals surface area contributed by atoms with E-state index in [2.05, 4.69) is 10.0 Å². The number of hydrogen-bond donors (Lipinski definition) is 4. The first-order chi connectivity index (χ1) is 9.65. The zero-order valence-electron chi connectivity index (χ0n) is 11.7. The van der Waals surface area contributed by atoms with Gasteiger partial charge in [0.15, 0.2) is 0 Å². The van der Waals surface area contributed by atoms with Crippen LogP contribution in [-0.4, -0.2) is 43.2 Å². The van der Waals surface area contributed by atoms with Gasteiger partial charge in [-0.25, -0.2) is 22.7 Å². The zero-order chi connectivity index (χ0) is 16.2.